The third kappa shape index (κ3) is 3.42. The summed E-state index contributed by atoms with van der Waals surface area (Å²) >= 11 is 0. The van der Waals surface area contributed by atoms with E-state index in [9.17, 15) is 4.79 Å². The molecule has 0 radical (unpaired) electrons. The summed E-state index contributed by atoms with van der Waals surface area (Å²) in [5.41, 5.74) is 5.38. The number of nitrogens with two attached hydrogens (primary N) is 1. The smallest absolute Gasteiger partial charge is 0.225 e. The Kier molecular flexibility index (Phi) is 3.94. The van der Waals surface area contributed by atoms with Crippen molar-refractivity contribution < 1.29 is 10.0 Å². The second-order valence-electron chi connectivity index (χ2n) is 4.26. The maximum atomic E-state index is 11.8. The Balaban J connectivity index is 2.48. The lowest BCUT2D eigenvalue weighted by atomic mass is 10.2. The molecule has 0 aromatic heterocycles. The molecule has 0 atom stereocenters. The molecule has 1 aliphatic carbocycles. The number of hydrogen-bond donors (Lipinski definition) is 2. The molecule has 86 valence electrons. The van der Waals surface area contributed by atoms with Gasteiger partial charge < -0.3 is 15.8 Å². The van der Waals surface area contributed by atoms with E-state index in [0.717, 1.165) is 12.8 Å². The Labute approximate surface area is 89.9 Å². The van der Waals surface area contributed by atoms with E-state index < -0.39 is 0 Å². The van der Waals surface area contributed by atoms with Crippen LogP contribution in [0.15, 0.2) is 5.16 Å². The van der Waals surface area contributed by atoms with Crippen LogP contribution in [0.3, 0.4) is 0 Å². The zero-order valence-electron chi connectivity index (χ0n) is 9.31. The molecule has 1 saturated carbocycles. The van der Waals surface area contributed by atoms with Crippen molar-refractivity contribution in [3.8, 4) is 0 Å². The van der Waals surface area contributed by atoms with E-state index in [1.807, 2.05) is 18.7 Å². The number of nitrogens with zero attached hydrogens (tertiary/aromatic N) is 2. The van der Waals surface area contributed by atoms with Crippen molar-refractivity contribution >= 4 is 11.7 Å². The molecule has 0 aliphatic heterocycles. The normalized spacial score (nSPS) is 16.9. The van der Waals surface area contributed by atoms with Gasteiger partial charge in [-0.2, -0.15) is 0 Å². The number of carbonyl (C=O) groups excluding carboxylic acids is 1. The third-order valence-corrected chi connectivity index (χ3v) is 2.50. The van der Waals surface area contributed by atoms with Crippen LogP contribution in [0.4, 0.5) is 0 Å². The second-order valence-corrected chi connectivity index (χ2v) is 4.26. The van der Waals surface area contributed by atoms with E-state index in [-0.39, 0.29) is 17.7 Å². The van der Waals surface area contributed by atoms with Crippen molar-refractivity contribution in [1.82, 2.24) is 4.90 Å². The van der Waals surface area contributed by atoms with Gasteiger partial charge in [-0.3, -0.25) is 4.79 Å². The van der Waals surface area contributed by atoms with Gasteiger partial charge in [0, 0.05) is 24.9 Å². The molecule has 0 bridgehead atoms. The Morgan fingerprint density at radius 1 is 1.60 bits per heavy atom. The van der Waals surface area contributed by atoms with Crippen LogP contribution in [0.1, 0.15) is 33.1 Å². The van der Waals surface area contributed by atoms with Crippen LogP contribution in [-0.2, 0) is 4.79 Å². The SMILES string of the molecule is CC(C)C(=O)N(CCC(N)=NO)C1CC1. The molecular formula is C10H19N3O2. The first kappa shape index (κ1) is 11.8. The maximum Gasteiger partial charge on any atom is 0.225 e. The van der Waals surface area contributed by atoms with Gasteiger partial charge in [0.1, 0.15) is 5.84 Å². The van der Waals surface area contributed by atoms with Gasteiger partial charge in [-0.1, -0.05) is 19.0 Å². The van der Waals surface area contributed by atoms with Crippen LogP contribution >= 0.6 is 0 Å². The predicted molar refractivity (Wildman–Crippen MR) is 57.6 cm³/mol. The van der Waals surface area contributed by atoms with Gasteiger partial charge in [0.2, 0.25) is 5.91 Å². The minimum atomic E-state index is 0.0119. The monoisotopic (exact) mass is 213 g/mol. The molecular weight excluding hydrogens is 194 g/mol. The van der Waals surface area contributed by atoms with Crippen molar-refractivity contribution in [2.24, 2.45) is 16.8 Å². The van der Waals surface area contributed by atoms with E-state index in [2.05, 4.69) is 5.16 Å². The topological polar surface area (TPSA) is 78.9 Å². The van der Waals surface area contributed by atoms with E-state index in [0.29, 0.717) is 19.0 Å². The van der Waals surface area contributed by atoms with Gasteiger partial charge in [-0.25, -0.2) is 0 Å². The summed E-state index contributed by atoms with van der Waals surface area (Å²) in [5, 5.41) is 11.3. The van der Waals surface area contributed by atoms with Crippen molar-refractivity contribution in [3.05, 3.63) is 0 Å². The van der Waals surface area contributed by atoms with Crippen molar-refractivity contribution in [3.63, 3.8) is 0 Å². The number of rotatable bonds is 5. The summed E-state index contributed by atoms with van der Waals surface area (Å²) in [4.78, 5) is 13.7. The first-order valence-electron chi connectivity index (χ1n) is 5.33. The number of hydrogen-bond acceptors (Lipinski definition) is 3. The highest BCUT2D eigenvalue weighted by Gasteiger charge is 2.33. The lowest BCUT2D eigenvalue weighted by Crippen LogP contribution is -2.38. The summed E-state index contributed by atoms with van der Waals surface area (Å²) in [6.07, 6.45) is 2.59. The minimum Gasteiger partial charge on any atom is -0.409 e. The molecule has 0 saturated heterocycles. The number of amides is 1. The summed E-state index contributed by atoms with van der Waals surface area (Å²) in [7, 11) is 0. The molecule has 0 aromatic carbocycles. The zero-order chi connectivity index (χ0) is 11.4. The van der Waals surface area contributed by atoms with Gasteiger partial charge >= 0.3 is 0 Å². The molecule has 5 nitrogen and oxygen atoms in total. The molecule has 0 unspecified atom stereocenters. The number of carbonyl (C=O) groups is 1. The van der Waals surface area contributed by atoms with Crippen LogP contribution in [0, 0.1) is 5.92 Å². The standard InChI is InChI=1S/C10H19N3O2/c1-7(2)10(14)13(8-3-4-8)6-5-9(11)12-15/h7-8,15H,3-6H2,1-2H3,(H2,11,12). The second kappa shape index (κ2) is 5.00. The van der Waals surface area contributed by atoms with Gasteiger partial charge in [0.05, 0.1) is 0 Å². The van der Waals surface area contributed by atoms with Gasteiger partial charge in [0.25, 0.3) is 0 Å². The largest absolute Gasteiger partial charge is 0.409 e. The molecule has 1 amide bonds. The quantitative estimate of drug-likeness (QED) is 0.306. The molecule has 1 aliphatic rings. The van der Waals surface area contributed by atoms with Crippen LogP contribution < -0.4 is 5.73 Å². The van der Waals surface area contributed by atoms with E-state index >= 15 is 0 Å². The molecule has 1 rings (SSSR count). The lowest BCUT2D eigenvalue weighted by Gasteiger charge is -2.24. The first-order chi connectivity index (χ1) is 7.06. The molecule has 15 heavy (non-hydrogen) atoms. The Morgan fingerprint density at radius 3 is 2.60 bits per heavy atom. The highest BCUT2D eigenvalue weighted by Crippen LogP contribution is 2.28. The molecule has 0 heterocycles. The molecule has 0 aromatic rings. The average molecular weight is 213 g/mol. The Morgan fingerprint density at radius 2 is 2.20 bits per heavy atom. The van der Waals surface area contributed by atoms with Gasteiger partial charge in [-0.15, -0.1) is 0 Å². The van der Waals surface area contributed by atoms with Crippen molar-refractivity contribution in [1.29, 1.82) is 0 Å². The average Bonchev–Trinajstić information content (AvgIpc) is 3.01. The van der Waals surface area contributed by atoms with Gasteiger partial charge in [0.15, 0.2) is 0 Å². The van der Waals surface area contributed by atoms with Crippen LogP contribution in [0.5, 0.6) is 0 Å². The highest BCUT2D eigenvalue weighted by atomic mass is 16.4. The summed E-state index contributed by atoms with van der Waals surface area (Å²) in [6.45, 7) is 4.33. The van der Waals surface area contributed by atoms with Crippen LogP contribution in [0.2, 0.25) is 0 Å². The zero-order valence-corrected chi connectivity index (χ0v) is 9.31. The summed E-state index contributed by atoms with van der Waals surface area (Å²) in [6, 6.07) is 0.381. The molecule has 0 spiro atoms. The fraction of sp³-hybridized carbons (Fsp3) is 0.800. The van der Waals surface area contributed by atoms with Crippen LogP contribution in [0.25, 0.3) is 0 Å². The fourth-order valence-electron chi connectivity index (χ4n) is 1.48. The minimum absolute atomic E-state index is 0.0119. The summed E-state index contributed by atoms with van der Waals surface area (Å²) < 4.78 is 0. The van der Waals surface area contributed by atoms with E-state index in [1.165, 1.54) is 0 Å². The Hall–Kier alpha value is -1.26. The van der Waals surface area contributed by atoms with Gasteiger partial charge in [-0.05, 0) is 12.8 Å². The Bertz CT molecular complexity index is 259. The predicted octanol–water partition coefficient (Wildman–Crippen LogP) is 0.770. The number of oxime groups is 1. The molecule has 5 heteroatoms. The van der Waals surface area contributed by atoms with Crippen LogP contribution in [-0.4, -0.2) is 34.4 Å². The summed E-state index contributed by atoms with van der Waals surface area (Å²) in [5.74, 6) is 0.346. The third-order valence-electron chi connectivity index (χ3n) is 2.50. The lowest BCUT2D eigenvalue weighted by molar-refractivity contribution is -0.134. The molecule has 3 N–H and O–H groups in total. The maximum absolute atomic E-state index is 11.8. The fourth-order valence-corrected chi connectivity index (χ4v) is 1.48. The van der Waals surface area contributed by atoms with Crippen molar-refractivity contribution in [2.75, 3.05) is 6.54 Å². The van der Waals surface area contributed by atoms with E-state index in [4.69, 9.17) is 10.9 Å². The highest BCUT2D eigenvalue weighted by molar-refractivity contribution is 5.82. The molecule has 1 fully saturated rings. The first-order valence-corrected chi connectivity index (χ1v) is 5.33. The van der Waals surface area contributed by atoms with Crippen molar-refractivity contribution in [2.45, 2.75) is 39.2 Å². The number of amidine groups is 1. The van der Waals surface area contributed by atoms with E-state index in [1.54, 1.807) is 0 Å².